The number of thioether (sulfide) groups is 1. The standard InChI is InChI=1S/C6H14O2S2/c7-5-6(8)10-4-2-1-3-9/h6-9H,1-5H2. The van der Waals surface area contributed by atoms with Crippen molar-refractivity contribution in [2.45, 2.75) is 18.3 Å². The van der Waals surface area contributed by atoms with Crippen LogP contribution >= 0.6 is 24.4 Å². The molecule has 0 amide bonds. The van der Waals surface area contributed by atoms with Crippen molar-refractivity contribution >= 4 is 24.4 Å². The molecule has 4 heteroatoms. The molecular formula is C6H14O2S2. The lowest BCUT2D eigenvalue weighted by Gasteiger charge is -2.04. The molecule has 0 rings (SSSR count). The molecule has 0 spiro atoms. The van der Waals surface area contributed by atoms with Crippen molar-refractivity contribution in [1.82, 2.24) is 0 Å². The van der Waals surface area contributed by atoms with Crippen molar-refractivity contribution in [1.29, 1.82) is 0 Å². The highest BCUT2D eigenvalue weighted by molar-refractivity contribution is 7.99. The van der Waals surface area contributed by atoms with Crippen molar-refractivity contribution in [3.8, 4) is 0 Å². The number of hydrogen-bond donors (Lipinski definition) is 3. The van der Waals surface area contributed by atoms with Gasteiger partial charge in [0, 0.05) is 0 Å². The molecule has 1 atom stereocenters. The van der Waals surface area contributed by atoms with Gasteiger partial charge in [0.2, 0.25) is 0 Å². The van der Waals surface area contributed by atoms with Crippen molar-refractivity contribution in [3.05, 3.63) is 0 Å². The van der Waals surface area contributed by atoms with Gasteiger partial charge in [-0.15, -0.1) is 11.8 Å². The number of rotatable bonds is 6. The summed E-state index contributed by atoms with van der Waals surface area (Å²) in [7, 11) is 0. The van der Waals surface area contributed by atoms with Gasteiger partial charge >= 0.3 is 0 Å². The molecule has 0 aliphatic carbocycles. The van der Waals surface area contributed by atoms with Crippen molar-refractivity contribution in [2.24, 2.45) is 0 Å². The first-order valence-electron chi connectivity index (χ1n) is 3.32. The molecular weight excluding hydrogens is 168 g/mol. The molecule has 0 saturated heterocycles. The zero-order valence-electron chi connectivity index (χ0n) is 5.86. The third-order valence-corrected chi connectivity index (χ3v) is 2.39. The van der Waals surface area contributed by atoms with Gasteiger partial charge in [-0.25, -0.2) is 0 Å². The highest BCUT2D eigenvalue weighted by Crippen LogP contribution is 2.09. The highest BCUT2D eigenvalue weighted by Gasteiger charge is 1.99. The van der Waals surface area contributed by atoms with Crippen LogP contribution in [0, 0.1) is 0 Å². The SMILES string of the molecule is OCC(O)SCCCCS. The van der Waals surface area contributed by atoms with Crippen LogP contribution in [0.1, 0.15) is 12.8 Å². The topological polar surface area (TPSA) is 40.5 Å². The third kappa shape index (κ3) is 6.74. The van der Waals surface area contributed by atoms with E-state index in [0.29, 0.717) is 0 Å². The van der Waals surface area contributed by atoms with E-state index in [9.17, 15) is 0 Å². The van der Waals surface area contributed by atoms with Crippen LogP contribution < -0.4 is 0 Å². The lowest BCUT2D eigenvalue weighted by atomic mass is 10.4. The molecule has 2 N–H and O–H groups in total. The summed E-state index contributed by atoms with van der Waals surface area (Å²) in [6.45, 7) is -0.147. The van der Waals surface area contributed by atoms with Crippen LogP contribution in [0.25, 0.3) is 0 Å². The summed E-state index contributed by atoms with van der Waals surface area (Å²) in [5.41, 5.74) is -0.597. The average Bonchev–Trinajstić information content (AvgIpc) is 1.98. The third-order valence-electron chi connectivity index (χ3n) is 1.02. The molecule has 0 aliphatic heterocycles. The van der Waals surface area contributed by atoms with Crippen LogP contribution in [-0.2, 0) is 0 Å². The quantitative estimate of drug-likeness (QED) is 0.322. The minimum Gasteiger partial charge on any atom is -0.393 e. The van der Waals surface area contributed by atoms with Crippen LogP contribution in [0.4, 0.5) is 0 Å². The Labute approximate surface area is 71.4 Å². The number of hydrogen-bond acceptors (Lipinski definition) is 4. The Kier molecular flexibility index (Phi) is 8.20. The van der Waals surface area contributed by atoms with Crippen LogP contribution in [-0.4, -0.2) is 33.8 Å². The van der Waals surface area contributed by atoms with E-state index in [1.54, 1.807) is 0 Å². The predicted molar refractivity (Wildman–Crippen MR) is 48.6 cm³/mol. The molecule has 0 aromatic heterocycles. The largest absolute Gasteiger partial charge is 0.393 e. The summed E-state index contributed by atoms with van der Waals surface area (Å²) in [5, 5.41) is 17.3. The monoisotopic (exact) mass is 182 g/mol. The second-order valence-electron chi connectivity index (χ2n) is 1.94. The Bertz CT molecular complexity index is 70.8. The number of thiol groups is 1. The van der Waals surface area contributed by atoms with Gasteiger partial charge in [0.15, 0.2) is 0 Å². The highest BCUT2D eigenvalue weighted by atomic mass is 32.2. The van der Waals surface area contributed by atoms with Gasteiger partial charge in [-0.05, 0) is 24.3 Å². The summed E-state index contributed by atoms with van der Waals surface area (Å²) >= 11 is 5.43. The van der Waals surface area contributed by atoms with Crippen molar-refractivity contribution < 1.29 is 10.2 Å². The van der Waals surface area contributed by atoms with E-state index in [2.05, 4.69) is 12.6 Å². The maximum Gasteiger partial charge on any atom is 0.122 e. The lowest BCUT2D eigenvalue weighted by Crippen LogP contribution is -2.06. The van der Waals surface area contributed by atoms with E-state index < -0.39 is 5.44 Å². The number of aliphatic hydroxyl groups excluding tert-OH is 2. The van der Waals surface area contributed by atoms with Crippen LogP contribution in [0.3, 0.4) is 0 Å². The zero-order valence-corrected chi connectivity index (χ0v) is 7.57. The van der Waals surface area contributed by atoms with Gasteiger partial charge in [0.05, 0.1) is 6.61 Å². The minimum absolute atomic E-state index is 0.147. The van der Waals surface area contributed by atoms with Gasteiger partial charge < -0.3 is 10.2 Å². The molecule has 0 aromatic carbocycles. The zero-order chi connectivity index (χ0) is 7.82. The van der Waals surface area contributed by atoms with Gasteiger partial charge in [-0.3, -0.25) is 0 Å². The molecule has 0 bridgehead atoms. The Balaban J connectivity index is 2.89. The van der Waals surface area contributed by atoms with E-state index in [-0.39, 0.29) is 6.61 Å². The summed E-state index contributed by atoms with van der Waals surface area (Å²) in [4.78, 5) is 0. The van der Waals surface area contributed by atoms with Crippen LogP contribution in [0.2, 0.25) is 0 Å². The summed E-state index contributed by atoms with van der Waals surface area (Å²) < 4.78 is 0. The molecule has 2 nitrogen and oxygen atoms in total. The molecule has 0 aliphatic rings. The predicted octanol–water partition coefficient (Wildman–Crippen LogP) is 0.740. The van der Waals surface area contributed by atoms with Gasteiger partial charge in [-0.1, -0.05) is 0 Å². The first kappa shape index (κ1) is 10.6. The van der Waals surface area contributed by atoms with Gasteiger partial charge in [-0.2, -0.15) is 12.6 Å². The van der Waals surface area contributed by atoms with E-state index >= 15 is 0 Å². The Hall–Kier alpha value is 0.620. The molecule has 62 valence electrons. The Morgan fingerprint density at radius 2 is 2.10 bits per heavy atom. The fourth-order valence-electron chi connectivity index (χ4n) is 0.486. The maximum atomic E-state index is 8.85. The number of unbranched alkanes of at least 4 members (excludes halogenated alkanes) is 1. The normalized spacial score (nSPS) is 13.5. The van der Waals surface area contributed by atoms with E-state index in [4.69, 9.17) is 10.2 Å². The molecule has 0 aromatic rings. The Morgan fingerprint density at radius 3 is 2.60 bits per heavy atom. The van der Waals surface area contributed by atoms with E-state index in [1.165, 1.54) is 11.8 Å². The molecule has 1 unspecified atom stereocenters. The fraction of sp³-hybridized carbons (Fsp3) is 1.00. The molecule has 0 fully saturated rings. The fourth-order valence-corrected chi connectivity index (χ4v) is 1.46. The summed E-state index contributed by atoms with van der Waals surface area (Å²) in [6, 6.07) is 0. The van der Waals surface area contributed by atoms with E-state index in [0.717, 1.165) is 24.3 Å². The number of aliphatic hydroxyl groups is 2. The first-order chi connectivity index (χ1) is 4.81. The Morgan fingerprint density at radius 1 is 1.40 bits per heavy atom. The molecule has 10 heavy (non-hydrogen) atoms. The van der Waals surface area contributed by atoms with Crippen LogP contribution in [0.15, 0.2) is 0 Å². The maximum absolute atomic E-state index is 8.85. The van der Waals surface area contributed by atoms with Gasteiger partial charge in [0.25, 0.3) is 0 Å². The molecule has 0 saturated carbocycles. The smallest absolute Gasteiger partial charge is 0.122 e. The summed E-state index contributed by atoms with van der Waals surface area (Å²) in [6.07, 6.45) is 2.14. The molecule has 0 heterocycles. The summed E-state index contributed by atoms with van der Waals surface area (Å²) in [5.74, 6) is 1.80. The second-order valence-corrected chi connectivity index (χ2v) is 3.67. The molecule has 0 radical (unpaired) electrons. The van der Waals surface area contributed by atoms with Crippen LogP contribution in [0.5, 0.6) is 0 Å². The average molecular weight is 182 g/mol. The van der Waals surface area contributed by atoms with E-state index in [1.807, 2.05) is 0 Å². The second kappa shape index (κ2) is 7.72. The van der Waals surface area contributed by atoms with Crippen molar-refractivity contribution in [3.63, 3.8) is 0 Å². The van der Waals surface area contributed by atoms with Gasteiger partial charge in [0.1, 0.15) is 5.44 Å². The minimum atomic E-state index is -0.597. The lowest BCUT2D eigenvalue weighted by molar-refractivity contribution is 0.160. The first-order valence-corrected chi connectivity index (χ1v) is 5.00. The van der Waals surface area contributed by atoms with Crippen molar-refractivity contribution in [2.75, 3.05) is 18.1 Å².